The van der Waals surface area contributed by atoms with Gasteiger partial charge in [-0.25, -0.2) is 23.1 Å². The van der Waals surface area contributed by atoms with Crippen molar-refractivity contribution in [3.8, 4) is 6.07 Å². The summed E-state index contributed by atoms with van der Waals surface area (Å²) >= 11 is 0. The van der Waals surface area contributed by atoms with Crippen LogP contribution >= 0.6 is 0 Å². The van der Waals surface area contributed by atoms with Gasteiger partial charge in [-0.1, -0.05) is 12.1 Å². The van der Waals surface area contributed by atoms with E-state index < -0.39 is 61.6 Å². The van der Waals surface area contributed by atoms with Crippen LogP contribution in [0.3, 0.4) is 0 Å². The summed E-state index contributed by atoms with van der Waals surface area (Å²) in [4.78, 5) is 35.5. The molecule has 2 aliphatic heterocycles. The van der Waals surface area contributed by atoms with Crippen LogP contribution < -0.4 is 30.9 Å². The SMILES string of the molecule is N#Cc1ccc(CCNC(=O)[C@@H]2CCN2c2cc(N3CCC(CCNS(=O)(=O)CCNC(=O)[C@@H](N)CS(=O)(=O)O)CC3)nc(C(F)(F)F)n2)cc1. The minimum absolute atomic E-state index is 0.000972. The molecule has 51 heavy (non-hydrogen) atoms. The Bertz CT molecular complexity index is 1800. The number of halogens is 3. The van der Waals surface area contributed by atoms with Crippen LogP contribution in [0.25, 0.3) is 0 Å². The van der Waals surface area contributed by atoms with Crippen molar-refractivity contribution in [3.05, 3.63) is 47.3 Å². The molecule has 2 aliphatic rings. The van der Waals surface area contributed by atoms with Crippen LogP contribution in [-0.4, -0.2) is 106 Å². The van der Waals surface area contributed by atoms with Gasteiger partial charge in [-0.05, 0) is 55.7 Å². The third kappa shape index (κ3) is 12.0. The number of hydrogen-bond donors (Lipinski definition) is 5. The van der Waals surface area contributed by atoms with Crippen molar-refractivity contribution in [1.82, 2.24) is 25.3 Å². The lowest BCUT2D eigenvalue weighted by atomic mass is 9.93. The molecule has 21 heteroatoms. The summed E-state index contributed by atoms with van der Waals surface area (Å²) in [6.07, 6.45) is -2.30. The fourth-order valence-corrected chi connectivity index (χ4v) is 7.22. The van der Waals surface area contributed by atoms with Gasteiger partial charge in [0.2, 0.25) is 27.7 Å². The molecule has 2 saturated heterocycles. The maximum Gasteiger partial charge on any atom is 0.451 e. The second-order valence-corrected chi connectivity index (χ2v) is 15.8. The summed E-state index contributed by atoms with van der Waals surface area (Å²) in [5.41, 5.74) is 6.81. The number of hydrogen-bond acceptors (Lipinski definition) is 12. The van der Waals surface area contributed by atoms with Gasteiger partial charge in [-0.2, -0.15) is 26.9 Å². The Morgan fingerprint density at radius 2 is 1.67 bits per heavy atom. The van der Waals surface area contributed by atoms with Crippen molar-refractivity contribution in [2.75, 3.05) is 60.6 Å². The van der Waals surface area contributed by atoms with Crippen LogP contribution in [0.15, 0.2) is 30.3 Å². The van der Waals surface area contributed by atoms with Crippen molar-refractivity contribution in [2.45, 2.75) is 50.4 Å². The van der Waals surface area contributed by atoms with Gasteiger partial charge in [0.25, 0.3) is 10.1 Å². The lowest BCUT2D eigenvalue weighted by Gasteiger charge is -2.41. The number of piperidine rings is 1. The number of amides is 2. The van der Waals surface area contributed by atoms with E-state index in [-0.39, 0.29) is 36.6 Å². The fourth-order valence-electron chi connectivity index (χ4n) is 5.67. The number of rotatable bonds is 16. The third-order valence-electron chi connectivity index (χ3n) is 8.58. The lowest BCUT2D eigenvalue weighted by Crippen LogP contribution is -2.57. The summed E-state index contributed by atoms with van der Waals surface area (Å²) in [7, 11) is -8.29. The van der Waals surface area contributed by atoms with E-state index in [1.165, 1.54) is 11.0 Å². The molecule has 1 aromatic carbocycles. The first-order valence-corrected chi connectivity index (χ1v) is 19.4. The minimum Gasteiger partial charge on any atom is -0.356 e. The van der Waals surface area contributed by atoms with E-state index in [1.54, 1.807) is 29.2 Å². The predicted octanol–water partition coefficient (Wildman–Crippen LogP) is 0.162. The molecule has 0 radical (unpaired) electrons. The van der Waals surface area contributed by atoms with Crippen LogP contribution in [0.2, 0.25) is 0 Å². The minimum atomic E-state index is -4.82. The van der Waals surface area contributed by atoms with Gasteiger partial charge < -0.3 is 26.2 Å². The smallest absolute Gasteiger partial charge is 0.356 e. The molecule has 2 amide bonds. The lowest BCUT2D eigenvalue weighted by molar-refractivity contribution is -0.144. The maximum absolute atomic E-state index is 13.9. The third-order valence-corrected chi connectivity index (χ3v) is 10.7. The van der Waals surface area contributed by atoms with E-state index in [4.69, 9.17) is 15.5 Å². The first-order valence-electron chi connectivity index (χ1n) is 16.1. The molecule has 2 fully saturated rings. The van der Waals surface area contributed by atoms with Gasteiger partial charge in [-0.15, -0.1) is 0 Å². The Balaban J connectivity index is 1.26. The molecule has 0 spiro atoms. The van der Waals surface area contributed by atoms with E-state index in [0.29, 0.717) is 63.8 Å². The number of carbonyl (C=O) groups excluding carboxylic acids is 2. The molecule has 0 bridgehead atoms. The molecule has 2 aromatic rings. The highest BCUT2D eigenvalue weighted by Gasteiger charge is 2.40. The summed E-state index contributed by atoms with van der Waals surface area (Å²) in [5.74, 6) is -3.93. The van der Waals surface area contributed by atoms with Gasteiger partial charge in [-0.3, -0.25) is 14.1 Å². The average Bonchev–Trinajstić information content (AvgIpc) is 3.03. The van der Waals surface area contributed by atoms with Crippen molar-refractivity contribution < 1.29 is 44.1 Å². The Hall–Kier alpha value is -4.10. The van der Waals surface area contributed by atoms with E-state index in [2.05, 4.69) is 25.3 Å². The van der Waals surface area contributed by atoms with Gasteiger partial charge >= 0.3 is 6.18 Å². The highest BCUT2D eigenvalue weighted by atomic mass is 32.2. The number of anilines is 2. The van der Waals surface area contributed by atoms with Crippen LogP contribution in [0.5, 0.6) is 0 Å². The average molecular weight is 760 g/mol. The highest BCUT2D eigenvalue weighted by Crippen LogP contribution is 2.34. The van der Waals surface area contributed by atoms with Gasteiger partial charge in [0, 0.05) is 45.3 Å². The molecule has 6 N–H and O–H groups in total. The number of nitrogens with two attached hydrogens (primary N) is 1. The summed E-state index contributed by atoms with van der Waals surface area (Å²) in [6.45, 7) is 1.12. The van der Waals surface area contributed by atoms with E-state index in [1.807, 2.05) is 6.07 Å². The zero-order chi connectivity index (χ0) is 37.4. The first kappa shape index (κ1) is 39.7. The molecule has 280 valence electrons. The number of nitrogens with zero attached hydrogens (tertiary/aromatic N) is 5. The zero-order valence-corrected chi connectivity index (χ0v) is 29.1. The molecule has 1 aromatic heterocycles. The number of carbonyl (C=O) groups is 2. The summed E-state index contributed by atoms with van der Waals surface area (Å²) < 4.78 is 99.2. The number of benzene rings is 1. The number of aromatic nitrogens is 2. The molecule has 3 heterocycles. The Morgan fingerprint density at radius 3 is 2.25 bits per heavy atom. The van der Waals surface area contributed by atoms with Gasteiger partial charge in [0.05, 0.1) is 23.1 Å². The standard InChI is InChI=1S/C30H40F3N9O7S2/c31-30(32,33)29-39-25(17-26(40-29)42-15-9-24(42)28(44)36-10-5-20-1-3-22(18-34)4-2-20)41-13-7-21(8-14-41)6-11-38-50(45,46)16-12-37-27(43)23(35)19-51(47,48)49/h1-4,17,21,23-24,38H,5-16,19,35H2,(H,36,44)(H,37,43)(H,47,48,49)/t23-,24-/m0/s1. The molecule has 0 unspecified atom stereocenters. The van der Waals surface area contributed by atoms with Crippen LogP contribution in [-0.2, 0) is 42.3 Å². The van der Waals surface area contributed by atoms with E-state index in [0.717, 1.165) is 5.56 Å². The molecular weight excluding hydrogens is 720 g/mol. The van der Waals surface area contributed by atoms with E-state index >= 15 is 0 Å². The molecule has 16 nitrogen and oxygen atoms in total. The summed E-state index contributed by atoms with van der Waals surface area (Å²) in [6, 6.07) is 8.18. The normalized spacial score (nSPS) is 17.7. The quantitative estimate of drug-likeness (QED) is 0.144. The maximum atomic E-state index is 13.9. The van der Waals surface area contributed by atoms with Crippen LogP contribution in [0.4, 0.5) is 24.8 Å². The molecule has 0 saturated carbocycles. The van der Waals surface area contributed by atoms with Gasteiger partial charge in [0.15, 0.2) is 0 Å². The Morgan fingerprint density at radius 1 is 1.00 bits per heavy atom. The predicted molar refractivity (Wildman–Crippen MR) is 179 cm³/mol. The molecule has 4 rings (SSSR count). The number of nitrogens with one attached hydrogen (secondary N) is 3. The number of sulfonamides is 1. The monoisotopic (exact) mass is 759 g/mol. The number of nitriles is 1. The Kier molecular flexibility index (Phi) is 13.2. The molecule has 0 aliphatic carbocycles. The van der Waals surface area contributed by atoms with Crippen LogP contribution in [0.1, 0.15) is 42.6 Å². The number of alkyl halides is 3. The van der Waals surface area contributed by atoms with Crippen molar-refractivity contribution in [3.63, 3.8) is 0 Å². The first-order chi connectivity index (χ1) is 23.9. The van der Waals surface area contributed by atoms with E-state index in [9.17, 15) is 39.6 Å². The zero-order valence-electron chi connectivity index (χ0n) is 27.5. The van der Waals surface area contributed by atoms with Crippen molar-refractivity contribution in [1.29, 1.82) is 5.26 Å². The van der Waals surface area contributed by atoms with Crippen LogP contribution in [0, 0.1) is 17.2 Å². The second-order valence-electron chi connectivity index (χ2n) is 12.3. The fraction of sp³-hybridized carbons (Fsp3) is 0.567. The Labute approximate surface area is 293 Å². The highest BCUT2D eigenvalue weighted by molar-refractivity contribution is 7.89. The topological polar surface area (TPSA) is 241 Å². The van der Waals surface area contributed by atoms with Crippen molar-refractivity contribution >= 4 is 43.6 Å². The second kappa shape index (κ2) is 16.9. The largest absolute Gasteiger partial charge is 0.451 e. The van der Waals surface area contributed by atoms with Crippen molar-refractivity contribution in [2.24, 2.45) is 11.7 Å². The summed E-state index contributed by atoms with van der Waals surface area (Å²) in [5, 5.41) is 14.0. The molecular formula is C30H40F3N9O7S2. The molecule has 2 atom stereocenters. The van der Waals surface area contributed by atoms with Gasteiger partial charge in [0.1, 0.15) is 23.7 Å².